The normalized spacial score (nSPS) is 11.1. The number of aryl methyl sites for hydroxylation is 1. The second-order valence-corrected chi connectivity index (χ2v) is 4.76. The van der Waals surface area contributed by atoms with Crippen molar-refractivity contribution < 1.29 is 4.39 Å². The molecule has 0 atom stereocenters. The number of benzene rings is 1. The van der Waals surface area contributed by atoms with Gasteiger partial charge in [-0.1, -0.05) is 6.07 Å². The van der Waals surface area contributed by atoms with E-state index in [0.717, 1.165) is 25.2 Å². The molecule has 0 unspecified atom stereocenters. The van der Waals surface area contributed by atoms with Gasteiger partial charge in [0, 0.05) is 6.54 Å². The lowest BCUT2D eigenvalue weighted by Gasteiger charge is -2.10. The molecular formula is C14H23FN2. The van der Waals surface area contributed by atoms with E-state index in [1.54, 1.807) is 6.07 Å². The van der Waals surface area contributed by atoms with Gasteiger partial charge in [0.05, 0.1) is 0 Å². The van der Waals surface area contributed by atoms with Crippen LogP contribution in [0.2, 0.25) is 0 Å². The highest BCUT2D eigenvalue weighted by molar-refractivity contribution is 5.26. The van der Waals surface area contributed by atoms with Crippen molar-refractivity contribution in [2.24, 2.45) is 0 Å². The number of halogens is 1. The Bertz CT molecular complexity index is 337. The van der Waals surface area contributed by atoms with E-state index in [1.165, 1.54) is 24.5 Å². The molecule has 0 saturated heterocycles. The van der Waals surface area contributed by atoms with E-state index in [4.69, 9.17) is 0 Å². The predicted molar refractivity (Wildman–Crippen MR) is 70.6 cm³/mol. The maximum absolute atomic E-state index is 12.9. The van der Waals surface area contributed by atoms with Gasteiger partial charge in [0.2, 0.25) is 0 Å². The van der Waals surface area contributed by atoms with Crippen molar-refractivity contribution in [1.82, 2.24) is 10.2 Å². The van der Waals surface area contributed by atoms with Gasteiger partial charge < -0.3 is 10.2 Å². The molecule has 0 saturated carbocycles. The number of rotatable bonds is 7. The number of nitrogens with zero attached hydrogens (tertiary/aromatic N) is 1. The van der Waals surface area contributed by atoms with E-state index in [0.29, 0.717) is 0 Å². The lowest BCUT2D eigenvalue weighted by molar-refractivity contribution is 0.391. The predicted octanol–water partition coefficient (Wildman–Crippen LogP) is 2.57. The minimum absolute atomic E-state index is 0.155. The Balaban J connectivity index is 2.18. The Morgan fingerprint density at radius 2 is 2.00 bits per heavy atom. The van der Waals surface area contributed by atoms with E-state index < -0.39 is 0 Å². The first kappa shape index (κ1) is 14.1. The fraction of sp³-hybridized carbons (Fsp3) is 0.571. The molecule has 1 N–H and O–H groups in total. The maximum atomic E-state index is 12.9. The monoisotopic (exact) mass is 238 g/mol. The van der Waals surface area contributed by atoms with Crippen LogP contribution in [0.1, 0.15) is 24.0 Å². The van der Waals surface area contributed by atoms with Crippen LogP contribution in [-0.4, -0.2) is 32.1 Å². The molecule has 0 aliphatic rings. The van der Waals surface area contributed by atoms with E-state index in [-0.39, 0.29) is 5.82 Å². The van der Waals surface area contributed by atoms with Gasteiger partial charge in [0.25, 0.3) is 0 Å². The van der Waals surface area contributed by atoms with Gasteiger partial charge in [-0.3, -0.25) is 0 Å². The Kier molecular flexibility index (Phi) is 6.16. The second kappa shape index (κ2) is 7.41. The van der Waals surface area contributed by atoms with E-state index in [1.807, 2.05) is 13.0 Å². The number of hydrogen-bond donors (Lipinski definition) is 1. The van der Waals surface area contributed by atoms with Crippen LogP contribution in [-0.2, 0) is 6.54 Å². The summed E-state index contributed by atoms with van der Waals surface area (Å²) in [6.45, 7) is 4.93. The SMILES string of the molecule is Cc1cc(F)ccc1CNCCCCN(C)C. The van der Waals surface area contributed by atoms with E-state index >= 15 is 0 Å². The van der Waals surface area contributed by atoms with Crippen LogP contribution in [0.15, 0.2) is 18.2 Å². The zero-order valence-corrected chi connectivity index (χ0v) is 11.1. The molecule has 3 heteroatoms. The van der Waals surface area contributed by atoms with Gasteiger partial charge in [-0.15, -0.1) is 0 Å². The summed E-state index contributed by atoms with van der Waals surface area (Å²) in [5, 5.41) is 3.39. The second-order valence-electron chi connectivity index (χ2n) is 4.76. The highest BCUT2D eigenvalue weighted by Crippen LogP contribution is 2.09. The Hall–Kier alpha value is -0.930. The Labute approximate surface area is 104 Å². The number of hydrogen-bond acceptors (Lipinski definition) is 2. The van der Waals surface area contributed by atoms with E-state index in [2.05, 4.69) is 24.3 Å². The lowest BCUT2D eigenvalue weighted by atomic mass is 10.1. The molecule has 0 heterocycles. The first-order valence-corrected chi connectivity index (χ1v) is 6.20. The third-order valence-electron chi connectivity index (χ3n) is 2.83. The summed E-state index contributed by atoms with van der Waals surface area (Å²) in [5.74, 6) is -0.155. The van der Waals surface area contributed by atoms with Crippen molar-refractivity contribution in [2.45, 2.75) is 26.3 Å². The van der Waals surface area contributed by atoms with Gasteiger partial charge >= 0.3 is 0 Å². The molecular weight excluding hydrogens is 215 g/mol. The average Bonchev–Trinajstić information content (AvgIpc) is 2.25. The molecule has 17 heavy (non-hydrogen) atoms. The standard InChI is InChI=1S/C14H23FN2/c1-12-10-14(15)7-6-13(12)11-16-8-4-5-9-17(2)3/h6-7,10,16H,4-5,8-9,11H2,1-3H3. The first-order valence-electron chi connectivity index (χ1n) is 6.20. The van der Waals surface area contributed by atoms with Crippen LogP contribution in [0.3, 0.4) is 0 Å². The van der Waals surface area contributed by atoms with Crippen molar-refractivity contribution in [3.8, 4) is 0 Å². The van der Waals surface area contributed by atoms with Crippen LogP contribution in [0.25, 0.3) is 0 Å². The first-order chi connectivity index (χ1) is 8.09. The minimum atomic E-state index is -0.155. The summed E-state index contributed by atoms with van der Waals surface area (Å²) in [4.78, 5) is 2.20. The molecule has 0 spiro atoms. The zero-order valence-electron chi connectivity index (χ0n) is 11.1. The third-order valence-corrected chi connectivity index (χ3v) is 2.83. The fourth-order valence-electron chi connectivity index (χ4n) is 1.76. The summed E-state index contributed by atoms with van der Waals surface area (Å²) in [6.07, 6.45) is 2.39. The molecule has 1 aromatic rings. The van der Waals surface area contributed by atoms with Gasteiger partial charge in [0.1, 0.15) is 5.82 Å². The van der Waals surface area contributed by atoms with Crippen LogP contribution >= 0.6 is 0 Å². The van der Waals surface area contributed by atoms with Crippen molar-refractivity contribution in [1.29, 1.82) is 0 Å². The summed E-state index contributed by atoms with van der Waals surface area (Å²) in [7, 11) is 4.19. The molecule has 0 bridgehead atoms. The van der Waals surface area contributed by atoms with Gasteiger partial charge in [-0.2, -0.15) is 0 Å². The van der Waals surface area contributed by atoms with Crippen LogP contribution in [0.4, 0.5) is 4.39 Å². The van der Waals surface area contributed by atoms with E-state index in [9.17, 15) is 4.39 Å². The largest absolute Gasteiger partial charge is 0.313 e. The van der Waals surface area contributed by atoms with Gasteiger partial charge in [0.15, 0.2) is 0 Å². The minimum Gasteiger partial charge on any atom is -0.313 e. The topological polar surface area (TPSA) is 15.3 Å². The quantitative estimate of drug-likeness (QED) is 0.734. The number of nitrogens with one attached hydrogen (secondary N) is 1. The highest BCUT2D eigenvalue weighted by Gasteiger charge is 1.99. The van der Waals surface area contributed by atoms with Gasteiger partial charge in [-0.05, 0) is 70.2 Å². The van der Waals surface area contributed by atoms with Gasteiger partial charge in [-0.25, -0.2) is 4.39 Å². The smallest absolute Gasteiger partial charge is 0.123 e. The van der Waals surface area contributed by atoms with Crippen LogP contribution < -0.4 is 5.32 Å². The van der Waals surface area contributed by atoms with Crippen molar-refractivity contribution in [3.05, 3.63) is 35.1 Å². The Morgan fingerprint density at radius 3 is 2.65 bits per heavy atom. The summed E-state index contributed by atoms with van der Waals surface area (Å²) in [6, 6.07) is 4.97. The Morgan fingerprint density at radius 1 is 1.24 bits per heavy atom. The molecule has 0 aliphatic carbocycles. The summed E-state index contributed by atoms with van der Waals surface area (Å²) < 4.78 is 12.9. The molecule has 0 fully saturated rings. The third kappa shape index (κ3) is 5.80. The zero-order chi connectivity index (χ0) is 12.7. The van der Waals surface area contributed by atoms with Crippen LogP contribution in [0.5, 0.6) is 0 Å². The molecule has 0 radical (unpaired) electrons. The molecule has 2 nitrogen and oxygen atoms in total. The molecule has 0 amide bonds. The highest BCUT2D eigenvalue weighted by atomic mass is 19.1. The van der Waals surface area contributed by atoms with Crippen LogP contribution in [0, 0.1) is 12.7 Å². The van der Waals surface area contributed by atoms with Crippen molar-refractivity contribution in [2.75, 3.05) is 27.2 Å². The molecule has 96 valence electrons. The molecule has 0 aliphatic heterocycles. The maximum Gasteiger partial charge on any atom is 0.123 e. The molecule has 1 aromatic carbocycles. The average molecular weight is 238 g/mol. The summed E-state index contributed by atoms with van der Waals surface area (Å²) in [5.41, 5.74) is 2.20. The van der Waals surface area contributed by atoms with Crippen molar-refractivity contribution >= 4 is 0 Å². The summed E-state index contributed by atoms with van der Waals surface area (Å²) >= 11 is 0. The molecule has 1 rings (SSSR count). The fourth-order valence-corrected chi connectivity index (χ4v) is 1.76. The number of unbranched alkanes of at least 4 members (excludes halogenated alkanes) is 1. The molecule has 0 aromatic heterocycles. The van der Waals surface area contributed by atoms with Crippen molar-refractivity contribution in [3.63, 3.8) is 0 Å². The lowest BCUT2D eigenvalue weighted by Crippen LogP contribution is -2.18.